The molecule has 0 spiro atoms. The lowest BCUT2D eigenvalue weighted by molar-refractivity contribution is 0.784. The highest BCUT2D eigenvalue weighted by molar-refractivity contribution is 6.11. The van der Waals surface area contributed by atoms with Crippen LogP contribution in [0, 0.1) is 0 Å². The van der Waals surface area contributed by atoms with Crippen LogP contribution in [0.4, 0.5) is 0 Å². The van der Waals surface area contributed by atoms with Crippen LogP contribution in [-0.2, 0) is 6.42 Å². The highest BCUT2D eigenvalue weighted by Crippen LogP contribution is 2.42. The molecule has 0 radical (unpaired) electrons. The number of rotatable bonds is 5. The van der Waals surface area contributed by atoms with Crippen LogP contribution >= 0.6 is 0 Å². The van der Waals surface area contributed by atoms with Crippen molar-refractivity contribution in [2.45, 2.75) is 12.3 Å². The summed E-state index contributed by atoms with van der Waals surface area (Å²) in [5, 5.41) is 6.36. The zero-order chi connectivity index (χ0) is 35.6. The maximum absolute atomic E-state index is 2.53. The smallest absolute Gasteiger partial charge is 0.0544 e. The molecule has 2 heterocycles. The van der Waals surface area contributed by atoms with Crippen molar-refractivity contribution in [1.82, 2.24) is 9.13 Å². The van der Waals surface area contributed by atoms with E-state index in [1.54, 1.807) is 0 Å². The van der Waals surface area contributed by atoms with Crippen molar-refractivity contribution in [2.24, 2.45) is 0 Å². The summed E-state index contributed by atoms with van der Waals surface area (Å²) in [6.07, 6.45) is 5.71. The standard InChI is InChI=1S/C52H36N2/c1-3-14-35(15-4-1)40-30-41(36-16-5-2-6-17-36)32-42(31-40)53-49-23-11-9-21-44(49)46-28-26-38(33-51(46)53)39-27-29-47-45-22-10-12-24-50(45)54(52(47)34-39)48-25-13-19-37-18-7-8-20-43(37)48/h1-32,34,38H,33H2. The summed E-state index contributed by atoms with van der Waals surface area (Å²) in [6.45, 7) is 0. The zero-order valence-corrected chi connectivity index (χ0v) is 29.7. The Morgan fingerprint density at radius 2 is 1.00 bits per heavy atom. The van der Waals surface area contributed by atoms with Gasteiger partial charge in [-0.3, -0.25) is 0 Å². The maximum Gasteiger partial charge on any atom is 0.0544 e. The van der Waals surface area contributed by atoms with Gasteiger partial charge < -0.3 is 9.13 Å². The maximum atomic E-state index is 2.53. The van der Waals surface area contributed by atoms with Crippen LogP contribution < -0.4 is 0 Å². The molecule has 10 aromatic rings. The molecule has 11 rings (SSSR count). The third-order valence-corrected chi connectivity index (χ3v) is 11.4. The second kappa shape index (κ2) is 12.4. The molecular weight excluding hydrogens is 653 g/mol. The number of hydrogen-bond donors (Lipinski definition) is 0. The molecule has 8 aromatic carbocycles. The summed E-state index contributed by atoms with van der Waals surface area (Å²) in [6, 6.07) is 68.9. The zero-order valence-electron chi connectivity index (χ0n) is 29.7. The molecule has 2 heteroatoms. The number of nitrogens with zero attached hydrogens (tertiary/aromatic N) is 2. The number of aromatic nitrogens is 2. The van der Waals surface area contributed by atoms with Gasteiger partial charge in [-0.15, -0.1) is 0 Å². The highest BCUT2D eigenvalue weighted by Gasteiger charge is 2.25. The summed E-state index contributed by atoms with van der Waals surface area (Å²) in [5.41, 5.74) is 15.0. The number of benzene rings is 8. The molecule has 2 nitrogen and oxygen atoms in total. The summed E-state index contributed by atoms with van der Waals surface area (Å²) < 4.78 is 5.01. The Labute approximate surface area is 314 Å². The highest BCUT2D eigenvalue weighted by atomic mass is 15.0. The van der Waals surface area contributed by atoms with Gasteiger partial charge in [0.05, 0.1) is 22.2 Å². The molecule has 0 fully saturated rings. The first-order chi connectivity index (χ1) is 26.8. The predicted molar refractivity (Wildman–Crippen MR) is 228 cm³/mol. The number of para-hydroxylation sites is 2. The van der Waals surface area contributed by atoms with Crippen molar-refractivity contribution < 1.29 is 0 Å². The Bertz CT molecular complexity index is 3010. The van der Waals surface area contributed by atoms with E-state index in [9.17, 15) is 0 Å². The van der Waals surface area contributed by atoms with Gasteiger partial charge in [-0.05, 0) is 82.1 Å². The first-order valence-corrected chi connectivity index (χ1v) is 18.9. The van der Waals surface area contributed by atoms with Crippen LogP contribution in [0.1, 0.15) is 22.7 Å². The number of allylic oxidation sites excluding steroid dienone is 1. The third-order valence-electron chi connectivity index (χ3n) is 11.4. The SMILES string of the molecule is C1=CC(c2ccc3c4ccccc4n(-c4cccc5ccccc45)c3c2)Cc2c1c1ccccc1n2-c1cc(-c2ccccc2)cc(-c2ccccc2)c1. The average molecular weight is 689 g/mol. The summed E-state index contributed by atoms with van der Waals surface area (Å²) in [7, 11) is 0. The first kappa shape index (κ1) is 30.7. The minimum Gasteiger partial charge on any atom is -0.313 e. The minimum atomic E-state index is 0.217. The van der Waals surface area contributed by atoms with Crippen molar-refractivity contribution in [2.75, 3.05) is 0 Å². The average Bonchev–Trinajstić information content (AvgIpc) is 3.76. The van der Waals surface area contributed by atoms with E-state index in [4.69, 9.17) is 0 Å². The minimum absolute atomic E-state index is 0.217. The molecule has 1 atom stereocenters. The Kier molecular flexibility index (Phi) is 7.03. The van der Waals surface area contributed by atoms with Gasteiger partial charge in [0.2, 0.25) is 0 Å². The number of fused-ring (bicyclic) bond motifs is 7. The molecule has 254 valence electrons. The summed E-state index contributed by atoms with van der Waals surface area (Å²) >= 11 is 0. The molecule has 0 saturated carbocycles. The summed E-state index contributed by atoms with van der Waals surface area (Å²) in [5.74, 6) is 0.217. The Hall–Kier alpha value is -6.90. The normalized spacial score (nSPS) is 14.0. The van der Waals surface area contributed by atoms with E-state index in [-0.39, 0.29) is 5.92 Å². The van der Waals surface area contributed by atoms with Gasteiger partial charge in [-0.25, -0.2) is 0 Å². The molecule has 0 N–H and O–H groups in total. The van der Waals surface area contributed by atoms with Crippen molar-refractivity contribution in [1.29, 1.82) is 0 Å². The van der Waals surface area contributed by atoms with Gasteiger partial charge >= 0.3 is 0 Å². The van der Waals surface area contributed by atoms with E-state index < -0.39 is 0 Å². The largest absolute Gasteiger partial charge is 0.313 e. The molecule has 1 unspecified atom stereocenters. The Morgan fingerprint density at radius 3 is 1.74 bits per heavy atom. The molecular formula is C52H36N2. The second-order valence-corrected chi connectivity index (χ2v) is 14.5. The van der Waals surface area contributed by atoms with E-state index in [2.05, 4.69) is 209 Å². The van der Waals surface area contributed by atoms with Gasteiger partial charge in [0.25, 0.3) is 0 Å². The van der Waals surface area contributed by atoms with Crippen LogP contribution in [0.2, 0.25) is 0 Å². The third kappa shape index (κ3) is 4.88. The van der Waals surface area contributed by atoms with Gasteiger partial charge in [0, 0.05) is 44.4 Å². The van der Waals surface area contributed by atoms with Gasteiger partial charge in [-0.1, -0.05) is 158 Å². The fourth-order valence-electron chi connectivity index (χ4n) is 8.93. The Balaban J connectivity index is 1.09. The predicted octanol–water partition coefficient (Wildman–Crippen LogP) is 13.6. The molecule has 0 bridgehead atoms. The molecule has 1 aliphatic carbocycles. The van der Waals surface area contributed by atoms with Gasteiger partial charge in [-0.2, -0.15) is 0 Å². The van der Waals surface area contributed by atoms with Crippen LogP contribution in [0.25, 0.3) is 83.2 Å². The fourth-order valence-corrected chi connectivity index (χ4v) is 8.93. The fraction of sp³-hybridized carbons (Fsp3) is 0.0385. The van der Waals surface area contributed by atoms with Crippen LogP contribution in [0.15, 0.2) is 194 Å². The van der Waals surface area contributed by atoms with Crippen LogP contribution in [0.3, 0.4) is 0 Å². The molecule has 54 heavy (non-hydrogen) atoms. The topological polar surface area (TPSA) is 9.86 Å². The van der Waals surface area contributed by atoms with Gasteiger partial charge in [0.15, 0.2) is 0 Å². The van der Waals surface area contributed by atoms with Gasteiger partial charge in [0.1, 0.15) is 0 Å². The van der Waals surface area contributed by atoms with Crippen LogP contribution in [0.5, 0.6) is 0 Å². The molecule has 1 aliphatic rings. The van der Waals surface area contributed by atoms with Crippen molar-refractivity contribution >= 4 is 49.6 Å². The lowest BCUT2D eigenvalue weighted by Gasteiger charge is -2.22. The van der Waals surface area contributed by atoms with Crippen molar-refractivity contribution in [3.05, 3.63) is 211 Å². The van der Waals surface area contributed by atoms with Crippen molar-refractivity contribution in [3.63, 3.8) is 0 Å². The van der Waals surface area contributed by atoms with Crippen LogP contribution in [-0.4, -0.2) is 9.13 Å². The van der Waals surface area contributed by atoms with Crippen molar-refractivity contribution in [3.8, 4) is 33.6 Å². The Morgan fingerprint density at radius 1 is 0.407 bits per heavy atom. The van der Waals surface area contributed by atoms with E-state index >= 15 is 0 Å². The first-order valence-electron chi connectivity index (χ1n) is 18.9. The second-order valence-electron chi connectivity index (χ2n) is 14.5. The summed E-state index contributed by atoms with van der Waals surface area (Å²) in [4.78, 5) is 0. The lowest BCUT2D eigenvalue weighted by Crippen LogP contribution is -2.10. The lowest BCUT2D eigenvalue weighted by atomic mass is 9.87. The quantitative estimate of drug-likeness (QED) is 0.170. The monoisotopic (exact) mass is 688 g/mol. The van der Waals surface area contributed by atoms with E-state index in [0.717, 1.165) is 6.42 Å². The van der Waals surface area contributed by atoms with E-state index in [1.165, 1.54) is 93.9 Å². The molecule has 0 aliphatic heterocycles. The van der Waals surface area contributed by atoms with E-state index in [1.807, 2.05) is 0 Å². The molecule has 0 saturated heterocycles. The van der Waals surface area contributed by atoms with E-state index in [0.29, 0.717) is 0 Å². The number of hydrogen-bond acceptors (Lipinski definition) is 0. The molecule has 2 aromatic heterocycles. The molecule has 0 amide bonds.